The molecule has 0 fully saturated rings. The Balaban J connectivity index is 2.25. The van der Waals surface area contributed by atoms with Crippen molar-refractivity contribution in [1.82, 2.24) is 0 Å². The van der Waals surface area contributed by atoms with Crippen LogP contribution in [0.25, 0.3) is 0 Å². The predicted molar refractivity (Wildman–Crippen MR) is 79.2 cm³/mol. The zero-order valence-electron chi connectivity index (χ0n) is 9.71. The van der Waals surface area contributed by atoms with Gasteiger partial charge in [0.2, 0.25) is 0 Å². The fourth-order valence-electron chi connectivity index (χ4n) is 1.80. The van der Waals surface area contributed by atoms with Crippen molar-refractivity contribution in [3.05, 3.63) is 67.9 Å². The summed E-state index contributed by atoms with van der Waals surface area (Å²) in [4.78, 5) is 0. The summed E-state index contributed by atoms with van der Waals surface area (Å²) in [6.45, 7) is 0. The van der Waals surface area contributed by atoms with Crippen molar-refractivity contribution in [2.75, 3.05) is 0 Å². The molecule has 1 unspecified atom stereocenters. The molecular weight excluding hydrogens is 354 g/mol. The number of aliphatic hydroxyl groups is 1. The van der Waals surface area contributed by atoms with Crippen LogP contribution < -0.4 is 0 Å². The topological polar surface area (TPSA) is 20.2 Å². The molecule has 0 heterocycles. The van der Waals surface area contributed by atoms with Crippen molar-refractivity contribution >= 4 is 39.1 Å². The van der Waals surface area contributed by atoms with Crippen LogP contribution in [0, 0.1) is 5.82 Å². The lowest BCUT2D eigenvalue weighted by Crippen LogP contribution is -2.03. The van der Waals surface area contributed by atoms with Crippen LogP contribution in [0.3, 0.4) is 0 Å². The molecule has 0 amide bonds. The Hall–Kier alpha value is -0.610. The van der Waals surface area contributed by atoms with Gasteiger partial charge in [0, 0.05) is 15.9 Å². The zero-order valence-corrected chi connectivity index (χ0v) is 12.8. The summed E-state index contributed by atoms with van der Waals surface area (Å²) in [6, 6.07) is 9.71. The highest BCUT2D eigenvalue weighted by molar-refractivity contribution is 9.10. The Bertz CT molecular complexity index is 584. The molecule has 2 aromatic carbocycles. The maximum absolute atomic E-state index is 13.3. The van der Waals surface area contributed by atoms with Gasteiger partial charge in [0.05, 0.1) is 11.1 Å². The minimum absolute atomic E-state index is 0.0441. The molecule has 0 aromatic heterocycles. The monoisotopic (exact) mass is 362 g/mol. The maximum atomic E-state index is 13.3. The van der Waals surface area contributed by atoms with Crippen molar-refractivity contribution in [3.8, 4) is 0 Å². The van der Waals surface area contributed by atoms with E-state index in [1.165, 1.54) is 6.07 Å². The molecule has 0 aliphatic rings. The Morgan fingerprint density at radius 3 is 2.63 bits per heavy atom. The fraction of sp³-hybridized carbons (Fsp3) is 0.143. The molecule has 100 valence electrons. The normalized spacial score (nSPS) is 12.5. The largest absolute Gasteiger partial charge is 0.388 e. The first kappa shape index (κ1) is 14.8. The summed E-state index contributed by atoms with van der Waals surface area (Å²) in [6.07, 6.45) is -0.571. The van der Waals surface area contributed by atoms with Crippen LogP contribution in [0.1, 0.15) is 17.2 Å². The molecule has 0 aliphatic heterocycles. The molecular formula is C14H10BrCl2FO. The first-order valence-electron chi connectivity index (χ1n) is 5.54. The smallest absolute Gasteiger partial charge is 0.142 e. The first-order valence-corrected chi connectivity index (χ1v) is 7.09. The van der Waals surface area contributed by atoms with Gasteiger partial charge in [-0.05, 0) is 35.4 Å². The van der Waals surface area contributed by atoms with Crippen LogP contribution >= 0.6 is 39.1 Å². The van der Waals surface area contributed by atoms with Crippen LogP contribution in [0.15, 0.2) is 40.9 Å². The maximum Gasteiger partial charge on any atom is 0.142 e. The number of halogens is 4. The average Bonchev–Trinajstić information content (AvgIpc) is 2.33. The molecule has 1 nitrogen and oxygen atoms in total. The van der Waals surface area contributed by atoms with Crippen LogP contribution in [-0.4, -0.2) is 5.11 Å². The molecule has 0 spiro atoms. The van der Waals surface area contributed by atoms with Crippen molar-refractivity contribution in [2.24, 2.45) is 0 Å². The van der Waals surface area contributed by atoms with E-state index in [0.29, 0.717) is 16.1 Å². The Kier molecular flexibility index (Phi) is 4.85. The standard InChI is InChI=1S/C14H10BrCl2FO/c15-10-4-9(5-11(16)7-10)13(19)6-8-2-1-3-12(18)14(8)17/h1-5,7,13,19H,6H2. The molecule has 2 aromatic rings. The van der Waals surface area contributed by atoms with E-state index in [1.54, 1.807) is 30.3 Å². The molecule has 0 saturated heterocycles. The number of rotatable bonds is 3. The van der Waals surface area contributed by atoms with E-state index in [2.05, 4.69) is 15.9 Å². The first-order chi connectivity index (χ1) is 8.97. The van der Waals surface area contributed by atoms with E-state index in [4.69, 9.17) is 23.2 Å². The average molecular weight is 364 g/mol. The van der Waals surface area contributed by atoms with Crippen LogP contribution in [0.5, 0.6) is 0 Å². The summed E-state index contributed by atoms with van der Waals surface area (Å²) in [5, 5.41) is 10.7. The van der Waals surface area contributed by atoms with E-state index in [9.17, 15) is 9.50 Å². The van der Waals surface area contributed by atoms with E-state index < -0.39 is 11.9 Å². The molecule has 0 saturated carbocycles. The quantitative estimate of drug-likeness (QED) is 0.797. The highest BCUT2D eigenvalue weighted by atomic mass is 79.9. The number of hydrogen-bond donors (Lipinski definition) is 1. The predicted octanol–water partition coefficient (Wildman–Crippen LogP) is 5.17. The van der Waals surface area contributed by atoms with Gasteiger partial charge in [-0.1, -0.05) is 51.3 Å². The van der Waals surface area contributed by atoms with Crippen LogP contribution in [0.4, 0.5) is 4.39 Å². The lowest BCUT2D eigenvalue weighted by atomic mass is 10.0. The fourth-order valence-corrected chi connectivity index (χ4v) is 2.89. The van der Waals surface area contributed by atoms with E-state index >= 15 is 0 Å². The Labute approximate surface area is 129 Å². The Morgan fingerprint density at radius 2 is 1.95 bits per heavy atom. The molecule has 0 radical (unpaired) electrons. The number of hydrogen-bond acceptors (Lipinski definition) is 1. The lowest BCUT2D eigenvalue weighted by Gasteiger charge is -2.13. The summed E-state index contributed by atoms with van der Waals surface area (Å²) >= 11 is 15.1. The van der Waals surface area contributed by atoms with Gasteiger partial charge in [0.15, 0.2) is 0 Å². The molecule has 5 heteroatoms. The summed E-state index contributed by atoms with van der Waals surface area (Å²) in [5.41, 5.74) is 1.21. The van der Waals surface area contributed by atoms with E-state index in [0.717, 1.165) is 4.47 Å². The molecule has 0 bridgehead atoms. The Morgan fingerprint density at radius 1 is 1.21 bits per heavy atom. The summed E-state index contributed by atoms with van der Waals surface area (Å²) in [5.74, 6) is -0.487. The molecule has 1 atom stereocenters. The van der Waals surface area contributed by atoms with Crippen molar-refractivity contribution < 1.29 is 9.50 Å². The zero-order chi connectivity index (χ0) is 14.0. The third-order valence-corrected chi connectivity index (χ3v) is 3.81. The second-order valence-corrected chi connectivity index (χ2v) is 5.87. The second kappa shape index (κ2) is 6.23. The minimum atomic E-state index is -0.797. The van der Waals surface area contributed by atoms with Gasteiger partial charge in [0.25, 0.3) is 0 Å². The number of aliphatic hydroxyl groups excluding tert-OH is 1. The van der Waals surface area contributed by atoms with Gasteiger partial charge in [-0.2, -0.15) is 0 Å². The van der Waals surface area contributed by atoms with Gasteiger partial charge in [-0.15, -0.1) is 0 Å². The van der Waals surface area contributed by atoms with Gasteiger partial charge in [-0.3, -0.25) is 0 Å². The second-order valence-electron chi connectivity index (χ2n) is 4.14. The van der Waals surface area contributed by atoms with Gasteiger partial charge in [0.1, 0.15) is 5.82 Å². The molecule has 1 N–H and O–H groups in total. The van der Waals surface area contributed by atoms with Gasteiger partial charge >= 0.3 is 0 Å². The van der Waals surface area contributed by atoms with Gasteiger partial charge < -0.3 is 5.11 Å². The third kappa shape index (κ3) is 3.69. The summed E-state index contributed by atoms with van der Waals surface area (Å²) in [7, 11) is 0. The van der Waals surface area contributed by atoms with Crippen LogP contribution in [0.2, 0.25) is 10.0 Å². The molecule has 19 heavy (non-hydrogen) atoms. The highest BCUT2D eigenvalue weighted by Gasteiger charge is 2.14. The van der Waals surface area contributed by atoms with E-state index in [-0.39, 0.29) is 11.4 Å². The molecule has 2 rings (SSSR count). The highest BCUT2D eigenvalue weighted by Crippen LogP contribution is 2.28. The SMILES string of the molecule is OC(Cc1cccc(F)c1Cl)c1cc(Cl)cc(Br)c1. The number of benzene rings is 2. The lowest BCUT2D eigenvalue weighted by molar-refractivity contribution is 0.178. The van der Waals surface area contributed by atoms with Crippen molar-refractivity contribution in [1.29, 1.82) is 0 Å². The third-order valence-electron chi connectivity index (χ3n) is 2.71. The molecule has 0 aliphatic carbocycles. The minimum Gasteiger partial charge on any atom is -0.388 e. The van der Waals surface area contributed by atoms with Crippen molar-refractivity contribution in [3.63, 3.8) is 0 Å². The van der Waals surface area contributed by atoms with Crippen molar-refractivity contribution in [2.45, 2.75) is 12.5 Å². The summed E-state index contributed by atoms with van der Waals surface area (Å²) < 4.78 is 14.1. The van der Waals surface area contributed by atoms with E-state index in [1.807, 2.05) is 0 Å². The van der Waals surface area contributed by atoms with Gasteiger partial charge in [-0.25, -0.2) is 4.39 Å². The van der Waals surface area contributed by atoms with Crippen LogP contribution in [-0.2, 0) is 6.42 Å².